The first kappa shape index (κ1) is 18.6. The van der Waals surface area contributed by atoms with Gasteiger partial charge in [-0.2, -0.15) is 0 Å². The zero-order chi connectivity index (χ0) is 19.1. The molecule has 0 aliphatic heterocycles. The highest BCUT2D eigenvalue weighted by Crippen LogP contribution is 2.21. The van der Waals surface area contributed by atoms with Crippen molar-refractivity contribution in [3.05, 3.63) is 89.5 Å². The van der Waals surface area contributed by atoms with Crippen molar-refractivity contribution >= 4 is 17.3 Å². The molecule has 0 spiro atoms. The van der Waals surface area contributed by atoms with Crippen molar-refractivity contribution in [1.29, 1.82) is 0 Å². The summed E-state index contributed by atoms with van der Waals surface area (Å²) in [7, 11) is 0. The molecule has 0 saturated carbocycles. The highest BCUT2D eigenvalue weighted by Gasteiger charge is 2.08. The van der Waals surface area contributed by atoms with Crippen molar-refractivity contribution in [3.8, 4) is 0 Å². The van der Waals surface area contributed by atoms with E-state index in [4.69, 9.17) is 0 Å². The van der Waals surface area contributed by atoms with E-state index in [0.29, 0.717) is 18.5 Å². The molecular weight excluding hydrogens is 341 g/mol. The minimum Gasteiger partial charge on any atom is -0.354 e. The first-order valence-electron chi connectivity index (χ1n) is 8.98. The Kier molecular flexibility index (Phi) is 6.15. The number of hydrogen-bond donors (Lipinski definition) is 2. The SMILES string of the molecule is CCc1ccccc1Nc1cncc(C(=O)NCCc2ccc(F)cc2)c1. The van der Waals surface area contributed by atoms with Crippen LogP contribution in [0.15, 0.2) is 67.0 Å². The highest BCUT2D eigenvalue weighted by atomic mass is 19.1. The number of carbonyl (C=O) groups excluding carboxylic acids is 1. The number of rotatable bonds is 7. The lowest BCUT2D eigenvalue weighted by Gasteiger charge is -2.11. The first-order valence-corrected chi connectivity index (χ1v) is 8.98. The Bertz CT molecular complexity index is 909. The smallest absolute Gasteiger partial charge is 0.252 e. The third-order valence-corrected chi connectivity index (χ3v) is 4.29. The zero-order valence-corrected chi connectivity index (χ0v) is 15.2. The molecule has 0 fully saturated rings. The molecule has 5 heteroatoms. The van der Waals surface area contributed by atoms with Crippen LogP contribution in [-0.4, -0.2) is 17.4 Å². The van der Waals surface area contributed by atoms with Gasteiger partial charge in [-0.3, -0.25) is 9.78 Å². The van der Waals surface area contributed by atoms with Crippen LogP contribution in [-0.2, 0) is 12.8 Å². The molecule has 3 aromatic rings. The Labute approximate surface area is 158 Å². The van der Waals surface area contributed by atoms with Gasteiger partial charge in [0.05, 0.1) is 17.4 Å². The van der Waals surface area contributed by atoms with Crippen molar-refractivity contribution in [2.45, 2.75) is 19.8 Å². The van der Waals surface area contributed by atoms with E-state index in [2.05, 4.69) is 28.6 Å². The fraction of sp³-hybridized carbons (Fsp3) is 0.182. The number of nitrogens with one attached hydrogen (secondary N) is 2. The quantitative estimate of drug-likeness (QED) is 0.650. The van der Waals surface area contributed by atoms with Crippen molar-refractivity contribution in [2.24, 2.45) is 0 Å². The van der Waals surface area contributed by atoms with E-state index in [1.165, 1.54) is 17.7 Å². The standard InChI is InChI=1S/C22H22FN3O/c1-2-17-5-3-4-6-21(17)26-20-13-18(14-24-15-20)22(27)25-12-11-16-7-9-19(23)10-8-16/h3-10,13-15,26H,2,11-12H2,1H3,(H,25,27). The largest absolute Gasteiger partial charge is 0.354 e. The van der Waals surface area contributed by atoms with E-state index in [0.717, 1.165) is 23.4 Å². The van der Waals surface area contributed by atoms with Gasteiger partial charge < -0.3 is 10.6 Å². The topological polar surface area (TPSA) is 54.0 Å². The van der Waals surface area contributed by atoms with Gasteiger partial charge in [-0.25, -0.2) is 4.39 Å². The molecule has 1 aromatic heterocycles. The lowest BCUT2D eigenvalue weighted by molar-refractivity contribution is 0.0954. The number of benzene rings is 2. The van der Waals surface area contributed by atoms with Crippen LogP contribution in [0, 0.1) is 5.82 Å². The molecule has 138 valence electrons. The van der Waals surface area contributed by atoms with E-state index in [1.54, 1.807) is 30.6 Å². The van der Waals surface area contributed by atoms with Gasteiger partial charge in [0.2, 0.25) is 0 Å². The second kappa shape index (κ2) is 8.94. The Morgan fingerprint density at radius 3 is 2.63 bits per heavy atom. The fourth-order valence-corrected chi connectivity index (χ4v) is 2.81. The van der Waals surface area contributed by atoms with Gasteiger partial charge in [-0.15, -0.1) is 0 Å². The van der Waals surface area contributed by atoms with Crippen LogP contribution < -0.4 is 10.6 Å². The summed E-state index contributed by atoms with van der Waals surface area (Å²) in [5.74, 6) is -0.445. The van der Waals surface area contributed by atoms with E-state index in [1.807, 2.05) is 18.2 Å². The number of aromatic nitrogens is 1. The van der Waals surface area contributed by atoms with Crippen molar-refractivity contribution in [3.63, 3.8) is 0 Å². The van der Waals surface area contributed by atoms with Crippen LogP contribution in [0.3, 0.4) is 0 Å². The third-order valence-electron chi connectivity index (χ3n) is 4.29. The maximum Gasteiger partial charge on any atom is 0.252 e. The lowest BCUT2D eigenvalue weighted by Crippen LogP contribution is -2.25. The molecule has 0 unspecified atom stereocenters. The Balaban J connectivity index is 1.60. The van der Waals surface area contributed by atoms with Crippen LogP contribution in [0.25, 0.3) is 0 Å². The van der Waals surface area contributed by atoms with E-state index in [9.17, 15) is 9.18 Å². The number of pyridine rings is 1. The summed E-state index contributed by atoms with van der Waals surface area (Å²) in [5.41, 5.74) is 4.44. The van der Waals surface area contributed by atoms with Gasteiger partial charge in [0.25, 0.3) is 5.91 Å². The Hall–Kier alpha value is -3.21. The molecule has 3 rings (SSSR count). The highest BCUT2D eigenvalue weighted by molar-refractivity contribution is 5.94. The zero-order valence-electron chi connectivity index (χ0n) is 15.2. The average Bonchev–Trinajstić information content (AvgIpc) is 2.70. The summed E-state index contributed by atoms with van der Waals surface area (Å²) in [6.45, 7) is 2.57. The van der Waals surface area contributed by atoms with Crippen LogP contribution in [0.1, 0.15) is 28.4 Å². The van der Waals surface area contributed by atoms with Crippen molar-refractivity contribution in [1.82, 2.24) is 10.3 Å². The number of carbonyl (C=O) groups is 1. The monoisotopic (exact) mass is 363 g/mol. The predicted molar refractivity (Wildman–Crippen MR) is 106 cm³/mol. The number of nitrogens with zero attached hydrogens (tertiary/aromatic N) is 1. The molecule has 2 N–H and O–H groups in total. The number of amides is 1. The molecular formula is C22H22FN3O. The van der Waals surface area contributed by atoms with E-state index < -0.39 is 0 Å². The molecule has 0 aliphatic carbocycles. The number of hydrogen-bond acceptors (Lipinski definition) is 3. The van der Waals surface area contributed by atoms with Gasteiger partial charge in [-0.1, -0.05) is 37.3 Å². The lowest BCUT2D eigenvalue weighted by atomic mass is 10.1. The summed E-state index contributed by atoms with van der Waals surface area (Å²) in [5, 5.41) is 6.20. The normalized spacial score (nSPS) is 10.4. The van der Waals surface area contributed by atoms with Crippen LogP contribution in [0.2, 0.25) is 0 Å². The van der Waals surface area contributed by atoms with Gasteiger partial charge in [0.1, 0.15) is 5.82 Å². The van der Waals surface area contributed by atoms with Gasteiger partial charge in [0.15, 0.2) is 0 Å². The Morgan fingerprint density at radius 1 is 1.07 bits per heavy atom. The minimum absolute atomic E-state index is 0.183. The fourth-order valence-electron chi connectivity index (χ4n) is 2.81. The molecule has 1 heterocycles. The van der Waals surface area contributed by atoms with Crippen LogP contribution in [0.4, 0.5) is 15.8 Å². The number of anilines is 2. The molecule has 27 heavy (non-hydrogen) atoms. The van der Waals surface area contributed by atoms with Gasteiger partial charge in [0, 0.05) is 18.4 Å². The summed E-state index contributed by atoms with van der Waals surface area (Å²) in [6, 6.07) is 16.1. The number of para-hydroxylation sites is 1. The molecule has 0 bridgehead atoms. The summed E-state index contributed by atoms with van der Waals surface area (Å²) in [6.07, 6.45) is 4.80. The number of halogens is 1. The second-order valence-corrected chi connectivity index (χ2v) is 6.23. The molecule has 4 nitrogen and oxygen atoms in total. The third kappa shape index (κ3) is 5.14. The molecule has 0 atom stereocenters. The minimum atomic E-state index is -0.261. The van der Waals surface area contributed by atoms with Gasteiger partial charge in [-0.05, 0) is 48.2 Å². The average molecular weight is 363 g/mol. The predicted octanol–water partition coefficient (Wildman–Crippen LogP) is 4.50. The summed E-state index contributed by atoms with van der Waals surface area (Å²) < 4.78 is 12.9. The summed E-state index contributed by atoms with van der Waals surface area (Å²) >= 11 is 0. The van der Waals surface area contributed by atoms with Crippen LogP contribution >= 0.6 is 0 Å². The maximum atomic E-state index is 12.9. The van der Waals surface area contributed by atoms with Gasteiger partial charge >= 0.3 is 0 Å². The van der Waals surface area contributed by atoms with E-state index in [-0.39, 0.29) is 11.7 Å². The molecule has 2 aromatic carbocycles. The molecule has 0 aliphatic rings. The first-order chi connectivity index (χ1) is 13.2. The summed E-state index contributed by atoms with van der Waals surface area (Å²) in [4.78, 5) is 16.5. The van der Waals surface area contributed by atoms with Crippen molar-refractivity contribution in [2.75, 3.05) is 11.9 Å². The number of aryl methyl sites for hydroxylation is 1. The van der Waals surface area contributed by atoms with Crippen LogP contribution in [0.5, 0.6) is 0 Å². The second-order valence-electron chi connectivity index (χ2n) is 6.23. The Morgan fingerprint density at radius 2 is 1.85 bits per heavy atom. The molecule has 0 saturated heterocycles. The van der Waals surface area contributed by atoms with Crippen molar-refractivity contribution < 1.29 is 9.18 Å². The van der Waals surface area contributed by atoms with E-state index >= 15 is 0 Å². The maximum absolute atomic E-state index is 12.9. The molecule has 0 radical (unpaired) electrons. The molecule has 1 amide bonds.